The third kappa shape index (κ3) is 3.04. The largest absolute Gasteiger partial charge is 1.00 e. The second kappa shape index (κ2) is 5.85. The van der Waals surface area contributed by atoms with Gasteiger partial charge in [0.05, 0.1) is 0 Å². The quantitative estimate of drug-likeness (QED) is 0.612. The average Bonchev–Trinajstić information content (AvgIpc) is 2.72. The van der Waals surface area contributed by atoms with Crippen molar-refractivity contribution in [2.75, 3.05) is 0 Å². The van der Waals surface area contributed by atoms with Crippen LogP contribution in [0.25, 0.3) is 10.2 Å². The molecule has 0 amide bonds. The summed E-state index contributed by atoms with van der Waals surface area (Å²) in [6.45, 7) is 5.23. The number of rotatable bonds is 2. The molecule has 1 aromatic heterocycles. The van der Waals surface area contributed by atoms with Gasteiger partial charge in [0.25, 0.3) is 0 Å². The second-order valence-electron chi connectivity index (χ2n) is 4.81. The van der Waals surface area contributed by atoms with Gasteiger partial charge in [-0.05, 0) is 31.5 Å². The molecule has 0 aliphatic rings. The molecule has 0 unspecified atom stereocenters. The first kappa shape index (κ1) is 14.2. The monoisotopic (exact) mass is 333 g/mol. The van der Waals surface area contributed by atoms with E-state index in [0.29, 0.717) is 0 Å². The zero-order chi connectivity index (χ0) is 12.5. The Morgan fingerprint density at radius 3 is 2.58 bits per heavy atom. The molecule has 3 heteroatoms. The molecular formula is C16H16BrNS. The van der Waals surface area contributed by atoms with Crippen LogP contribution in [0, 0.1) is 13.8 Å². The Kier molecular flexibility index (Phi) is 4.38. The summed E-state index contributed by atoms with van der Waals surface area (Å²) >= 11 is 1.81. The lowest BCUT2D eigenvalue weighted by Gasteiger charge is -1.98. The van der Waals surface area contributed by atoms with Gasteiger partial charge in [-0.15, -0.1) is 0 Å². The summed E-state index contributed by atoms with van der Waals surface area (Å²) in [5.74, 6) is 0. The van der Waals surface area contributed by atoms with Crippen molar-refractivity contribution in [3.8, 4) is 0 Å². The zero-order valence-electron chi connectivity index (χ0n) is 11.1. The molecule has 0 atom stereocenters. The maximum Gasteiger partial charge on any atom is 0.226 e. The highest BCUT2D eigenvalue weighted by Crippen LogP contribution is 2.18. The lowest BCUT2D eigenvalue weighted by atomic mass is 10.1. The zero-order valence-corrected chi connectivity index (χ0v) is 13.5. The van der Waals surface area contributed by atoms with E-state index in [1.165, 1.54) is 26.9 Å². The highest BCUT2D eigenvalue weighted by atomic mass is 79.9. The van der Waals surface area contributed by atoms with Gasteiger partial charge >= 0.3 is 0 Å². The lowest BCUT2D eigenvalue weighted by molar-refractivity contribution is -0.658. The topological polar surface area (TPSA) is 3.88 Å². The first-order chi connectivity index (χ1) is 8.72. The molecule has 0 fully saturated rings. The van der Waals surface area contributed by atoms with Gasteiger partial charge in [0.1, 0.15) is 4.70 Å². The van der Waals surface area contributed by atoms with E-state index in [2.05, 4.69) is 66.4 Å². The van der Waals surface area contributed by atoms with E-state index >= 15 is 0 Å². The number of hydrogen-bond acceptors (Lipinski definition) is 1. The Bertz CT molecular complexity index is 703. The molecule has 2 aromatic carbocycles. The number of aryl methyl sites for hydroxylation is 2. The highest BCUT2D eigenvalue weighted by molar-refractivity contribution is 7.16. The predicted molar refractivity (Wildman–Crippen MR) is 77.0 cm³/mol. The maximum absolute atomic E-state index is 2.33. The SMILES string of the molecule is Cc1cccc(C[n+]2csc3cc(C)ccc32)c1.[Br-]. The smallest absolute Gasteiger partial charge is 0.226 e. The lowest BCUT2D eigenvalue weighted by Crippen LogP contribution is -3.00. The fourth-order valence-corrected chi connectivity index (χ4v) is 3.25. The van der Waals surface area contributed by atoms with Crippen LogP contribution < -0.4 is 21.5 Å². The van der Waals surface area contributed by atoms with E-state index < -0.39 is 0 Å². The maximum atomic E-state index is 2.33. The average molecular weight is 334 g/mol. The van der Waals surface area contributed by atoms with Crippen LogP contribution in [0.3, 0.4) is 0 Å². The molecule has 3 rings (SSSR count). The third-order valence-electron chi connectivity index (χ3n) is 3.17. The van der Waals surface area contributed by atoms with Gasteiger partial charge in [-0.25, -0.2) is 0 Å². The van der Waals surface area contributed by atoms with Gasteiger partial charge in [0.2, 0.25) is 11.0 Å². The Morgan fingerprint density at radius 2 is 1.79 bits per heavy atom. The number of hydrogen-bond donors (Lipinski definition) is 0. The van der Waals surface area contributed by atoms with E-state index in [9.17, 15) is 0 Å². The number of aromatic nitrogens is 1. The first-order valence-electron chi connectivity index (χ1n) is 6.15. The molecule has 0 aliphatic carbocycles. The molecule has 1 heterocycles. The van der Waals surface area contributed by atoms with Crippen LogP contribution in [-0.4, -0.2) is 0 Å². The van der Waals surface area contributed by atoms with Crippen molar-refractivity contribution in [3.05, 3.63) is 64.7 Å². The molecule has 0 radical (unpaired) electrons. The van der Waals surface area contributed by atoms with Gasteiger partial charge in [-0.2, -0.15) is 4.57 Å². The fraction of sp³-hybridized carbons (Fsp3) is 0.188. The molecule has 0 bridgehead atoms. The molecule has 0 saturated carbocycles. The van der Waals surface area contributed by atoms with Crippen LogP contribution >= 0.6 is 11.3 Å². The summed E-state index contributed by atoms with van der Waals surface area (Å²) < 4.78 is 3.69. The Morgan fingerprint density at radius 1 is 1.00 bits per heavy atom. The minimum absolute atomic E-state index is 0. The van der Waals surface area contributed by atoms with Crippen molar-refractivity contribution < 1.29 is 21.5 Å². The van der Waals surface area contributed by atoms with Crippen molar-refractivity contribution in [1.82, 2.24) is 0 Å². The predicted octanol–water partition coefficient (Wildman–Crippen LogP) is 0.858. The summed E-state index contributed by atoms with van der Waals surface area (Å²) in [5.41, 5.74) is 7.55. The van der Waals surface area contributed by atoms with Crippen molar-refractivity contribution in [2.24, 2.45) is 0 Å². The van der Waals surface area contributed by atoms with Crippen LogP contribution in [-0.2, 0) is 6.54 Å². The molecule has 0 N–H and O–H groups in total. The summed E-state index contributed by atoms with van der Waals surface area (Å²) in [7, 11) is 0. The Hall–Kier alpha value is -1.19. The summed E-state index contributed by atoms with van der Waals surface area (Å²) in [6.07, 6.45) is 0. The van der Waals surface area contributed by atoms with Crippen LogP contribution in [0.4, 0.5) is 0 Å². The molecular weight excluding hydrogens is 318 g/mol. The summed E-state index contributed by atoms with van der Waals surface area (Å²) in [5, 5.41) is 0. The van der Waals surface area contributed by atoms with Crippen LogP contribution in [0.5, 0.6) is 0 Å². The van der Waals surface area contributed by atoms with Gasteiger partial charge in [0.15, 0.2) is 6.54 Å². The van der Waals surface area contributed by atoms with Gasteiger partial charge in [-0.1, -0.05) is 41.2 Å². The molecule has 0 saturated heterocycles. The molecule has 19 heavy (non-hydrogen) atoms. The van der Waals surface area contributed by atoms with E-state index in [1.807, 2.05) is 11.3 Å². The van der Waals surface area contributed by atoms with Crippen LogP contribution in [0.2, 0.25) is 0 Å². The minimum atomic E-state index is 0. The van der Waals surface area contributed by atoms with Crippen molar-refractivity contribution in [1.29, 1.82) is 0 Å². The van der Waals surface area contributed by atoms with E-state index in [4.69, 9.17) is 0 Å². The summed E-state index contributed by atoms with van der Waals surface area (Å²) in [6, 6.07) is 15.4. The van der Waals surface area contributed by atoms with Crippen LogP contribution in [0.15, 0.2) is 48.0 Å². The van der Waals surface area contributed by atoms with Gasteiger partial charge < -0.3 is 17.0 Å². The number of benzene rings is 2. The minimum Gasteiger partial charge on any atom is -1.00 e. The third-order valence-corrected chi connectivity index (χ3v) is 4.11. The molecule has 0 spiro atoms. The van der Waals surface area contributed by atoms with Gasteiger partial charge in [0, 0.05) is 11.6 Å². The molecule has 1 nitrogen and oxygen atoms in total. The fourth-order valence-electron chi connectivity index (χ4n) is 2.26. The van der Waals surface area contributed by atoms with E-state index in [0.717, 1.165) is 6.54 Å². The second-order valence-corrected chi connectivity index (χ2v) is 5.70. The number of thiazole rings is 1. The van der Waals surface area contributed by atoms with E-state index in [1.54, 1.807) is 0 Å². The van der Waals surface area contributed by atoms with Gasteiger partial charge in [-0.3, -0.25) is 0 Å². The standard InChI is InChI=1S/C16H16NS.BrH/c1-12-4-3-5-14(8-12)10-17-11-18-16-9-13(2)6-7-15(16)17;/h3-9,11H,10H2,1-2H3;1H/q+1;/p-1. The normalized spacial score (nSPS) is 10.4. The van der Waals surface area contributed by atoms with Crippen molar-refractivity contribution in [3.63, 3.8) is 0 Å². The first-order valence-corrected chi connectivity index (χ1v) is 7.03. The molecule has 98 valence electrons. The highest BCUT2D eigenvalue weighted by Gasteiger charge is 2.12. The molecule has 0 aliphatic heterocycles. The van der Waals surface area contributed by atoms with Crippen LogP contribution in [0.1, 0.15) is 16.7 Å². The molecule has 3 aromatic rings. The number of halogens is 1. The number of nitrogens with zero attached hydrogens (tertiary/aromatic N) is 1. The summed E-state index contributed by atoms with van der Waals surface area (Å²) in [4.78, 5) is 0. The Balaban J connectivity index is 0.00000133. The Labute approximate surface area is 128 Å². The van der Waals surface area contributed by atoms with E-state index in [-0.39, 0.29) is 17.0 Å². The van der Waals surface area contributed by atoms with Crippen molar-refractivity contribution in [2.45, 2.75) is 20.4 Å². The number of fused-ring (bicyclic) bond motifs is 1. The van der Waals surface area contributed by atoms with Crippen molar-refractivity contribution >= 4 is 21.6 Å².